The Balaban J connectivity index is 2.39. The highest BCUT2D eigenvalue weighted by Crippen LogP contribution is 2.30. The number of imidazole rings is 1. The van der Waals surface area contributed by atoms with Crippen LogP contribution < -0.4 is 0 Å². The average molecular weight is 300 g/mol. The van der Waals surface area contributed by atoms with Gasteiger partial charge in [0.1, 0.15) is 6.54 Å². The van der Waals surface area contributed by atoms with Crippen molar-refractivity contribution in [2.75, 3.05) is 5.75 Å². The Labute approximate surface area is 120 Å². The molecule has 0 spiro atoms. The molecule has 20 heavy (non-hydrogen) atoms. The predicted octanol–water partition coefficient (Wildman–Crippen LogP) is 4.61. The number of halogens is 3. The summed E-state index contributed by atoms with van der Waals surface area (Å²) in [7, 11) is 0. The summed E-state index contributed by atoms with van der Waals surface area (Å²) in [5, 5.41) is 0.419. The maximum atomic E-state index is 12.8. The zero-order valence-corrected chi connectivity index (χ0v) is 11.8. The minimum Gasteiger partial charge on any atom is -0.310 e. The summed E-state index contributed by atoms with van der Waals surface area (Å²) in [6.45, 7) is 0.978. The van der Waals surface area contributed by atoms with Crippen molar-refractivity contribution in [1.29, 1.82) is 0 Å². The number of rotatable bonds is 5. The molecular formula is C14H15F3N2S. The van der Waals surface area contributed by atoms with Crippen molar-refractivity contribution in [1.82, 2.24) is 9.55 Å². The second kappa shape index (κ2) is 6.35. The summed E-state index contributed by atoms with van der Waals surface area (Å²) in [5.41, 5.74) is 1.24. The zero-order valence-electron chi connectivity index (χ0n) is 11.0. The molecule has 0 atom stereocenters. The van der Waals surface area contributed by atoms with Crippen LogP contribution in [0, 0.1) is 0 Å². The van der Waals surface area contributed by atoms with Gasteiger partial charge in [0, 0.05) is 5.75 Å². The largest absolute Gasteiger partial charge is 0.406 e. The van der Waals surface area contributed by atoms with Gasteiger partial charge in [0.05, 0.1) is 11.9 Å². The molecule has 0 amide bonds. The predicted molar refractivity (Wildman–Crippen MR) is 74.7 cm³/mol. The van der Waals surface area contributed by atoms with Crippen LogP contribution in [0.5, 0.6) is 0 Å². The first kappa shape index (κ1) is 15.0. The zero-order chi connectivity index (χ0) is 14.6. The monoisotopic (exact) mass is 300 g/mol. The van der Waals surface area contributed by atoms with Crippen molar-refractivity contribution in [3.8, 4) is 11.3 Å². The van der Waals surface area contributed by atoms with E-state index in [2.05, 4.69) is 4.98 Å². The molecule has 0 radical (unpaired) electrons. The average Bonchev–Trinajstić information content (AvgIpc) is 2.78. The van der Waals surface area contributed by atoms with Gasteiger partial charge in [-0.05, 0) is 12.0 Å². The molecule has 1 aromatic heterocycles. The quantitative estimate of drug-likeness (QED) is 0.750. The molecule has 1 heterocycles. The molecule has 108 valence electrons. The lowest BCUT2D eigenvalue weighted by atomic mass is 10.2. The van der Waals surface area contributed by atoms with E-state index >= 15 is 0 Å². The SMILES string of the molecule is CCCSc1ncc(-c2ccccc2)n1CC(F)(F)F. The molecule has 6 heteroatoms. The van der Waals surface area contributed by atoms with Gasteiger partial charge in [-0.2, -0.15) is 13.2 Å². The Bertz CT molecular complexity index is 549. The van der Waals surface area contributed by atoms with Crippen molar-refractivity contribution in [2.24, 2.45) is 0 Å². The molecule has 0 aliphatic heterocycles. The normalized spacial score (nSPS) is 11.8. The Morgan fingerprint density at radius 1 is 1.20 bits per heavy atom. The summed E-state index contributed by atoms with van der Waals surface area (Å²) in [4.78, 5) is 4.14. The minimum absolute atomic E-state index is 0.419. The van der Waals surface area contributed by atoms with E-state index in [0.29, 0.717) is 10.9 Å². The van der Waals surface area contributed by atoms with Gasteiger partial charge >= 0.3 is 6.18 Å². The fraction of sp³-hybridized carbons (Fsp3) is 0.357. The van der Waals surface area contributed by atoms with Crippen LogP contribution in [0.3, 0.4) is 0 Å². The standard InChI is InChI=1S/C14H15F3N2S/c1-2-8-20-13-18-9-12(11-6-4-3-5-7-11)19(13)10-14(15,16)17/h3-7,9H,2,8,10H2,1H3. The second-order valence-corrected chi connectivity index (χ2v) is 5.40. The van der Waals surface area contributed by atoms with E-state index in [-0.39, 0.29) is 0 Å². The third-order valence-electron chi connectivity index (χ3n) is 2.66. The van der Waals surface area contributed by atoms with Crippen LogP contribution in [0.25, 0.3) is 11.3 Å². The number of benzene rings is 1. The van der Waals surface area contributed by atoms with Crippen LogP contribution in [-0.4, -0.2) is 21.5 Å². The molecule has 0 unspecified atom stereocenters. The summed E-state index contributed by atoms with van der Waals surface area (Å²) < 4.78 is 39.5. The Kier molecular flexibility index (Phi) is 4.75. The summed E-state index contributed by atoms with van der Waals surface area (Å²) in [5.74, 6) is 0.753. The van der Waals surface area contributed by atoms with E-state index < -0.39 is 12.7 Å². The van der Waals surface area contributed by atoms with Crippen LogP contribution in [0.4, 0.5) is 13.2 Å². The third-order valence-corrected chi connectivity index (χ3v) is 3.86. The summed E-state index contributed by atoms with van der Waals surface area (Å²) >= 11 is 1.36. The maximum Gasteiger partial charge on any atom is 0.406 e. The molecule has 0 saturated heterocycles. The van der Waals surface area contributed by atoms with E-state index in [0.717, 1.165) is 17.7 Å². The lowest BCUT2D eigenvalue weighted by Gasteiger charge is -2.14. The van der Waals surface area contributed by atoms with Gasteiger partial charge in [0.25, 0.3) is 0 Å². The molecule has 0 N–H and O–H groups in total. The smallest absolute Gasteiger partial charge is 0.310 e. The number of aromatic nitrogens is 2. The first-order valence-corrected chi connectivity index (χ1v) is 7.30. The van der Waals surface area contributed by atoms with Gasteiger partial charge in [0.15, 0.2) is 5.16 Å². The highest BCUT2D eigenvalue weighted by atomic mass is 32.2. The fourth-order valence-electron chi connectivity index (χ4n) is 1.84. The lowest BCUT2D eigenvalue weighted by molar-refractivity contribution is -0.141. The number of hydrogen-bond acceptors (Lipinski definition) is 2. The van der Waals surface area contributed by atoms with Crippen molar-refractivity contribution in [2.45, 2.75) is 31.2 Å². The maximum absolute atomic E-state index is 12.8. The topological polar surface area (TPSA) is 17.8 Å². The highest BCUT2D eigenvalue weighted by Gasteiger charge is 2.30. The van der Waals surface area contributed by atoms with E-state index in [1.54, 1.807) is 24.3 Å². The number of alkyl halides is 3. The Hall–Kier alpha value is -1.43. The van der Waals surface area contributed by atoms with Crippen molar-refractivity contribution >= 4 is 11.8 Å². The minimum atomic E-state index is -4.26. The third kappa shape index (κ3) is 3.79. The van der Waals surface area contributed by atoms with Gasteiger partial charge in [0.2, 0.25) is 0 Å². The first-order valence-electron chi connectivity index (χ1n) is 6.32. The van der Waals surface area contributed by atoms with Gasteiger partial charge in [-0.25, -0.2) is 4.98 Å². The van der Waals surface area contributed by atoms with Gasteiger partial charge in [-0.15, -0.1) is 0 Å². The Morgan fingerprint density at radius 3 is 2.50 bits per heavy atom. The molecule has 1 aromatic carbocycles. The lowest BCUT2D eigenvalue weighted by Crippen LogP contribution is -2.19. The highest BCUT2D eigenvalue weighted by molar-refractivity contribution is 7.99. The van der Waals surface area contributed by atoms with Crippen LogP contribution in [0.2, 0.25) is 0 Å². The van der Waals surface area contributed by atoms with Crippen LogP contribution >= 0.6 is 11.8 Å². The van der Waals surface area contributed by atoms with E-state index in [1.807, 2.05) is 13.0 Å². The first-order chi connectivity index (χ1) is 9.51. The molecule has 0 fully saturated rings. The van der Waals surface area contributed by atoms with Crippen molar-refractivity contribution in [3.63, 3.8) is 0 Å². The van der Waals surface area contributed by atoms with Crippen molar-refractivity contribution < 1.29 is 13.2 Å². The van der Waals surface area contributed by atoms with E-state index in [1.165, 1.54) is 22.5 Å². The number of hydrogen-bond donors (Lipinski definition) is 0. The number of nitrogens with zero attached hydrogens (tertiary/aromatic N) is 2. The molecule has 0 aliphatic rings. The van der Waals surface area contributed by atoms with E-state index in [9.17, 15) is 13.2 Å². The van der Waals surface area contributed by atoms with Crippen LogP contribution in [0.1, 0.15) is 13.3 Å². The summed E-state index contributed by atoms with van der Waals surface area (Å²) in [6.07, 6.45) is -1.85. The van der Waals surface area contributed by atoms with E-state index in [4.69, 9.17) is 0 Å². The molecule has 0 aliphatic carbocycles. The van der Waals surface area contributed by atoms with Gasteiger partial charge in [-0.3, -0.25) is 0 Å². The molecular weight excluding hydrogens is 285 g/mol. The molecule has 2 nitrogen and oxygen atoms in total. The van der Waals surface area contributed by atoms with Crippen LogP contribution in [0.15, 0.2) is 41.7 Å². The van der Waals surface area contributed by atoms with Gasteiger partial charge < -0.3 is 4.57 Å². The molecule has 0 bridgehead atoms. The fourth-order valence-corrected chi connectivity index (χ4v) is 2.67. The summed E-state index contributed by atoms with van der Waals surface area (Å²) in [6, 6.07) is 9.02. The molecule has 2 rings (SSSR count). The van der Waals surface area contributed by atoms with Crippen LogP contribution in [-0.2, 0) is 6.54 Å². The molecule has 0 saturated carbocycles. The number of thioether (sulfide) groups is 1. The van der Waals surface area contributed by atoms with Crippen molar-refractivity contribution in [3.05, 3.63) is 36.5 Å². The second-order valence-electron chi connectivity index (χ2n) is 4.34. The molecule has 2 aromatic rings. The van der Waals surface area contributed by atoms with Gasteiger partial charge in [-0.1, -0.05) is 49.0 Å². The Morgan fingerprint density at radius 2 is 1.90 bits per heavy atom.